The van der Waals surface area contributed by atoms with Crippen molar-refractivity contribution in [3.8, 4) is 0 Å². The molecule has 0 spiro atoms. The Morgan fingerprint density at radius 1 is 1.11 bits per heavy atom. The fourth-order valence-corrected chi connectivity index (χ4v) is 1.91. The van der Waals surface area contributed by atoms with Crippen LogP contribution in [0, 0.1) is 6.92 Å². The van der Waals surface area contributed by atoms with Gasteiger partial charge in [0.1, 0.15) is 22.9 Å². The first-order valence-corrected chi connectivity index (χ1v) is 6.13. The predicted octanol–water partition coefficient (Wildman–Crippen LogP) is 3.10. The second-order valence-corrected chi connectivity index (χ2v) is 4.41. The molecule has 3 aromatic rings. The van der Waals surface area contributed by atoms with Gasteiger partial charge in [0.2, 0.25) is 0 Å². The maximum atomic E-state index is 5.59. The quantitative estimate of drug-likeness (QED) is 0.778. The molecule has 0 bridgehead atoms. The summed E-state index contributed by atoms with van der Waals surface area (Å²) in [6.45, 7) is 3.96. The van der Waals surface area contributed by atoms with Crippen molar-refractivity contribution in [3.63, 3.8) is 0 Å². The summed E-state index contributed by atoms with van der Waals surface area (Å²) in [5, 5.41) is 3.29. The fraction of sp³-hybridized carbons (Fsp3) is 0.214. The molecular weight excluding hydrogens is 240 g/mol. The number of aromatic nitrogens is 3. The summed E-state index contributed by atoms with van der Waals surface area (Å²) < 4.78 is 5.59. The van der Waals surface area contributed by atoms with Gasteiger partial charge in [-0.3, -0.25) is 4.98 Å². The van der Waals surface area contributed by atoms with Crippen molar-refractivity contribution in [2.45, 2.75) is 19.9 Å². The summed E-state index contributed by atoms with van der Waals surface area (Å²) >= 11 is 0. The summed E-state index contributed by atoms with van der Waals surface area (Å²) in [5.74, 6) is 2.55. The SMILES string of the molecule is Cc1ccc(C(C)Nc2ccc3nccnc3n2)o1. The van der Waals surface area contributed by atoms with Gasteiger partial charge in [-0.2, -0.15) is 0 Å². The van der Waals surface area contributed by atoms with Gasteiger partial charge in [0.05, 0.1) is 6.04 Å². The van der Waals surface area contributed by atoms with Gasteiger partial charge in [0.15, 0.2) is 5.65 Å². The Kier molecular flexibility index (Phi) is 2.87. The molecule has 0 fully saturated rings. The summed E-state index contributed by atoms with van der Waals surface area (Å²) in [5.41, 5.74) is 1.42. The third kappa shape index (κ3) is 2.40. The van der Waals surface area contributed by atoms with Crippen molar-refractivity contribution in [3.05, 3.63) is 48.2 Å². The molecule has 3 rings (SSSR count). The molecule has 1 unspecified atom stereocenters. The standard InChI is InChI=1S/C14H14N4O/c1-9-3-5-12(19-9)10(2)17-13-6-4-11-14(18-13)16-8-7-15-11/h3-8,10H,1-2H3,(H,16,17,18). The maximum absolute atomic E-state index is 5.59. The Bertz CT molecular complexity index is 707. The van der Waals surface area contributed by atoms with Crippen LogP contribution in [0.2, 0.25) is 0 Å². The molecule has 1 N–H and O–H groups in total. The molecule has 96 valence electrons. The normalized spacial score (nSPS) is 12.5. The van der Waals surface area contributed by atoms with E-state index >= 15 is 0 Å². The number of aryl methyl sites for hydroxylation is 1. The van der Waals surface area contributed by atoms with E-state index in [4.69, 9.17) is 4.42 Å². The largest absolute Gasteiger partial charge is 0.464 e. The maximum Gasteiger partial charge on any atom is 0.180 e. The van der Waals surface area contributed by atoms with Gasteiger partial charge < -0.3 is 9.73 Å². The number of nitrogens with one attached hydrogen (secondary N) is 1. The first-order chi connectivity index (χ1) is 9.22. The van der Waals surface area contributed by atoms with Gasteiger partial charge >= 0.3 is 0 Å². The highest BCUT2D eigenvalue weighted by atomic mass is 16.3. The Balaban J connectivity index is 1.84. The fourth-order valence-electron chi connectivity index (χ4n) is 1.91. The van der Waals surface area contributed by atoms with Crippen LogP contribution in [0.5, 0.6) is 0 Å². The van der Waals surface area contributed by atoms with E-state index in [1.165, 1.54) is 0 Å². The summed E-state index contributed by atoms with van der Waals surface area (Å²) in [4.78, 5) is 12.8. The number of furan rings is 1. The molecule has 0 aliphatic rings. The summed E-state index contributed by atoms with van der Waals surface area (Å²) in [6, 6.07) is 7.76. The number of pyridine rings is 1. The molecule has 1 atom stereocenters. The zero-order valence-electron chi connectivity index (χ0n) is 10.8. The number of fused-ring (bicyclic) bond motifs is 1. The van der Waals surface area contributed by atoms with Crippen molar-refractivity contribution in [1.29, 1.82) is 0 Å². The van der Waals surface area contributed by atoms with Crippen LogP contribution in [0.1, 0.15) is 24.5 Å². The molecule has 0 amide bonds. The highest BCUT2D eigenvalue weighted by Gasteiger charge is 2.10. The Morgan fingerprint density at radius 3 is 2.74 bits per heavy atom. The first-order valence-electron chi connectivity index (χ1n) is 6.13. The minimum Gasteiger partial charge on any atom is -0.464 e. The lowest BCUT2D eigenvalue weighted by atomic mass is 10.2. The van der Waals surface area contributed by atoms with Crippen molar-refractivity contribution >= 4 is 17.0 Å². The molecule has 0 radical (unpaired) electrons. The van der Waals surface area contributed by atoms with E-state index in [0.29, 0.717) is 5.65 Å². The lowest BCUT2D eigenvalue weighted by molar-refractivity contribution is 0.466. The van der Waals surface area contributed by atoms with Crippen molar-refractivity contribution in [1.82, 2.24) is 15.0 Å². The number of hydrogen-bond donors (Lipinski definition) is 1. The van der Waals surface area contributed by atoms with Gasteiger partial charge in [-0.15, -0.1) is 0 Å². The second kappa shape index (κ2) is 4.68. The van der Waals surface area contributed by atoms with Crippen LogP contribution in [0.15, 0.2) is 41.1 Å². The van der Waals surface area contributed by atoms with Crippen molar-refractivity contribution in [2.24, 2.45) is 0 Å². The molecule has 3 aromatic heterocycles. The average molecular weight is 254 g/mol. The molecule has 0 aliphatic carbocycles. The van der Waals surface area contributed by atoms with Crippen molar-refractivity contribution in [2.75, 3.05) is 5.32 Å². The van der Waals surface area contributed by atoms with Crippen LogP contribution in [0.4, 0.5) is 5.82 Å². The zero-order valence-corrected chi connectivity index (χ0v) is 10.8. The average Bonchev–Trinajstić information content (AvgIpc) is 2.85. The Hall–Kier alpha value is -2.43. The van der Waals surface area contributed by atoms with Gasteiger partial charge in [0, 0.05) is 12.4 Å². The first kappa shape index (κ1) is 11.6. The number of rotatable bonds is 3. The van der Waals surface area contributed by atoms with E-state index in [9.17, 15) is 0 Å². The zero-order chi connectivity index (χ0) is 13.2. The van der Waals surface area contributed by atoms with Crippen LogP contribution < -0.4 is 5.32 Å². The highest BCUT2D eigenvalue weighted by Crippen LogP contribution is 2.20. The molecule has 0 saturated heterocycles. The summed E-state index contributed by atoms with van der Waals surface area (Å²) in [6.07, 6.45) is 3.30. The van der Waals surface area contributed by atoms with Crippen LogP contribution in [0.3, 0.4) is 0 Å². The number of nitrogens with zero attached hydrogens (tertiary/aromatic N) is 3. The van der Waals surface area contributed by atoms with Crippen LogP contribution in [0.25, 0.3) is 11.2 Å². The van der Waals surface area contributed by atoms with Gasteiger partial charge in [0.25, 0.3) is 0 Å². The number of hydrogen-bond acceptors (Lipinski definition) is 5. The Labute approximate surface area is 110 Å². The highest BCUT2D eigenvalue weighted by molar-refractivity contribution is 5.71. The molecule has 0 aliphatic heterocycles. The predicted molar refractivity (Wildman–Crippen MR) is 72.8 cm³/mol. The molecule has 19 heavy (non-hydrogen) atoms. The molecule has 5 heteroatoms. The lowest BCUT2D eigenvalue weighted by Crippen LogP contribution is -2.07. The van der Waals surface area contributed by atoms with Gasteiger partial charge in [-0.25, -0.2) is 9.97 Å². The topological polar surface area (TPSA) is 63.8 Å². The minimum atomic E-state index is 0.0512. The molecular formula is C14H14N4O. The lowest BCUT2D eigenvalue weighted by Gasteiger charge is -2.12. The van der Waals surface area contributed by atoms with E-state index in [1.54, 1.807) is 12.4 Å². The third-order valence-corrected chi connectivity index (χ3v) is 2.88. The van der Waals surface area contributed by atoms with Crippen LogP contribution in [-0.4, -0.2) is 15.0 Å². The monoisotopic (exact) mass is 254 g/mol. The second-order valence-electron chi connectivity index (χ2n) is 4.41. The van der Waals surface area contributed by atoms with E-state index in [-0.39, 0.29) is 6.04 Å². The minimum absolute atomic E-state index is 0.0512. The van der Waals surface area contributed by atoms with Crippen LogP contribution >= 0.6 is 0 Å². The summed E-state index contributed by atoms with van der Waals surface area (Å²) in [7, 11) is 0. The van der Waals surface area contributed by atoms with E-state index in [2.05, 4.69) is 20.3 Å². The van der Waals surface area contributed by atoms with Crippen LogP contribution in [-0.2, 0) is 0 Å². The smallest absolute Gasteiger partial charge is 0.180 e. The number of anilines is 1. The van der Waals surface area contributed by atoms with Gasteiger partial charge in [-0.05, 0) is 38.1 Å². The molecule has 5 nitrogen and oxygen atoms in total. The third-order valence-electron chi connectivity index (χ3n) is 2.88. The van der Waals surface area contributed by atoms with Crippen molar-refractivity contribution < 1.29 is 4.42 Å². The Morgan fingerprint density at radius 2 is 1.95 bits per heavy atom. The molecule has 3 heterocycles. The van der Waals surface area contributed by atoms with E-state index in [1.807, 2.05) is 38.1 Å². The van der Waals surface area contributed by atoms with E-state index in [0.717, 1.165) is 22.9 Å². The molecule has 0 saturated carbocycles. The van der Waals surface area contributed by atoms with E-state index < -0.39 is 0 Å². The van der Waals surface area contributed by atoms with Gasteiger partial charge in [-0.1, -0.05) is 0 Å². The molecule has 0 aromatic carbocycles.